The van der Waals surface area contributed by atoms with E-state index in [4.69, 9.17) is 3.02 Å². The van der Waals surface area contributed by atoms with Crippen LogP contribution in [0.15, 0.2) is 0 Å². The number of hydrogen-bond donors (Lipinski definition) is 0. The Morgan fingerprint density at radius 1 is 1.25 bits per heavy atom. The summed E-state index contributed by atoms with van der Waals surface area (Å²) >= 11 is 0.300. The predicted octanol–water partition coefficient (Wildman–Crippen LogP) is -1.68. The molecule has 32 valence electrons. The number of hydrogen-bond acceptors (Lipinski definition) is 1. The van der Waals surface area contributed by atoms with E-state index in [0.29, 0.717) is 23.0 Å². The van der Waals surface area contributed by atoms with Crippen molar-refractivity contribution in [1.82, 2.24) is 0 Å². The molecular weight excluding hydrogens is 430 g/mol. The molecule has 0 aromatic carbocycles. The van der Waals surface area contributed by atoms with Crippen LogP contribution in [-0.4, -0.2) is 46.9 Å². The monoisotopic (exact) mass is 434 g/mol. The molecule has 0 spiro atoms. The molecule has 0 bridgehead atoms. The molecule has 0 unspecified atom stereocenters. The first-order chi connectivity index (χ1) is 1.00. The van der Waals surface area contributed by atoms with Gasteiger partial charge < -0.3 is 0 Å². The van der Waals surface area contributed by atoms with Crippen LogP contribution in [0.1, 0.15) is 0 Å². The summed E-state index contributed by atoms with van der Waals surface area (Å²) in [5.74, 6) is 0. The minimum Gasteiger partial charge on any atom is 0 e. The van der Waals surface area contributed by atoms with Crippen molar-refractivity contribution in [3.05, 3.63) is 0 Å². The molecule has 0 aliphatic rings. The van der Waals surface area contributed by atoms with Crippen molar-refractivity contribution in [2.24, 2.45) is 0 Å². The van der Waals surface area contributed by atoms with E-state index in [1.165, 1.54) is 0 Å². The summed E-state index contributed by atoms with van der Waals surface area (Å²) in [6.45, 7) is 0. The Morgan fingerprint density at radius 2 is 1.25 bits per heavy atom. The maximum Gasteiger partial charge on any atom is 0 e. The quantitative estimate of drug-likeness (QED) is 0.418. The molecule has 4 heavy (non-hydrogen) atoms. The molecule has 1 nitrogen and oxygen atoms in total. The van der Waals surface area contributed by atoms with Gasteiger partial charge in [-0.1, -0.05) is 0 Å². The fraction of sp³-hybridized carbons (Fsp3) is 0. The molecule has 0 fully saturated rings. The van der Waals surface area contributed by atoms with Gasteiger partial charge in [-0.2, -0.15) is 0 Å². The van der Waals surface area contributed by atoms with Gasteiger partial charge >= 0.3 is 49.9 Å². The summed E-state index contributed by atoms with van der Waals surface area (Å²) in [7, 11) is 0. The second kappa shape index (κ2) is 16.8. The Bertz CT molecular complexity index is 8.00. The van der Waals surface area contributed by atoms with Gasteiger partial charge in [-0.05, 0) is 0 Å². The Morgan fingerprint density at radius 3 is 1.25 bits per heavy atom. The van der Waals surface area contributed by atoms with Gasteiger partial charge in [0.25, 0.3) is 0 Å². The zero-order valence-corrected chi connectivity index (χ0v) is 10.5. The normalized spacial score (nSPS) is 1.00. The van der Waals surface area contributed by atoms with Gasteiger partial charge in [0.05, 0.1) is 0 Å². The van der Waals surface area contributed by atoms with Crippen LogP contribution in [-0.2, 0) is 3.02 Å². The Labute approximate surface area is 94.4 Å². The molecule has 0 rings (SSSR count). The van der Waals surface area contributed by atoms with Gasteiger partial charge in [0.1, 0.15) is 0 Å². The molecule has 4 heteroatoms. The van der Waals surface area contributed by atoms with E-state index in [9.17, 15) is 0 Å². The predicted molar refractivity (Wildman–Crippen MR) is 16.4 cm³/mol. The van der Waals surface area contributed by atoms with E-state index >= 15 is 0 Å². The standard InChI is InChI=1S/O.Sb.Sn.Yb.3H. The largest absolute Gasteiger partial charge is 0 e. The summed E-state index contributed by atoms with van der Waals surface area (Å²) in [6.07, 6.45) is 0. The van der Waals surface area contributed by atoms with Crippen LogP contribution in [0.5, 0.6) is 0 Å². The van der Waals surface area contributed by atoms with E-state index in [1.807, 2.05) is 0 Å². The maximum absolute atomic E-state index is 8.34. The van der Waals surface area contributed by atoms with Crippen molar-refractivity contribution < 1.29 is 49.9 Å². The van der Waals surface area contributed by atoms with Crippen LogP contribution in [0.2, 0.25) is 0 Å². The molecule has 0 saturated carbocycles. The van der Waals surface area contributed by atoms with Crippen molar-refractivity contribution in [3.8, 4) is 0 Å². The SMILES string of the molecule is [O]=[SbH].[SnH2].[Yb]. The van der Waals surface area contributed by atoms with Gasteiger partial charge in [0.2, 0.25) is 0 Å². The molecule has 0 aliphatic carbocycles. The van der Waals surface area contributed by atoms with E-state index in [2.05, 4.69) is 0 Å². The fourth-order valence-electron chi connectivity index (χ4n) is 0. The zero-order chi connectivity index (χ0) is 2.00. The molecule has 0 amide bonds. The van der Waals surface area contributed by atoms with E-state index in [1.54, 1.807) is 0 Å². The Kier molecular flexibility index (Phi) is 66.2. The minimum absolute atomic E-state index is 0. The van der Waals surface area contributed by atoms with Crippen LogP contribution in [0.3, 0.4) is 0 Å². The van der Waals surface area contributed by atoms with Crippen LogP contribution in [0, 0.1) is 46.9 Å². The average Bonchev–Trinajstić information content (AvgIpc) is 1.00. The molecule has 0 aliphatic heterocycles. The molecule has 0 N–H and O–H groups in total. The van der Waals surface area contributed by atoms with Gasteiger partial charge in [0.15, 0.2) is 0 Å². The van der Waals surface area contributed by atoms with Crippen LogP contribution in [0.4, 0.5) is 0 Å². The van der Waals surface area contributed by atoms with Crippen LogP contribution >= 0.6 is 0 Å². The summed E-state index contributed by atoms with van der Waals surface area (Å²) in [5.41, 5.74) is 0. The van der Waals surface area contributed by atoms with Gasteiger partial charge in [-0.15, -0.1) is 0 Å². The van der Waals surface area contributed by atoms with Gasteiger partial charge in [-0.3, -0.25) is 0 Å². The third-order valence-corrected chi connectivity index (χ3v) is 0. The average molecular weight is 433 g/mol. The van der Waals surface area contributed by atoms with E-state index < -0.39 is 0 Å². The fourth-order valence-corrected chi connectivity index (χ4v) is 0. The van der Waals surface area contributed by atoms with Gasteiger partial charge in [-0.25, -0.2) is 0 Å². The molecule has 0 atom stereocenters. The first kappa shape index (κ1) is 15.8. The molecule has 0 heterocycles. The minimum atomic E-state index is 0. The maximum atomic E-state index is 8.34. The third-order valence-electron chi connectivity index (χ3n) is 0. The Hall–Kier alpha value is 2.94. The molecule has 0 aromatic heterocycles. The van der Waals surface area contributed by atoms with Crippen molar-refractivity contribution in [2.45, 2.75) is 0 Å². The van der Waals surface area contributed by atoms with Gasteiger partial charge in [0, 0.05) is 46.9 Å². The zero-order valence-electron chi connectivity index (χ0n) is 1.88. The first-order valence-corrected chi connectivity index (χ1v) is 1.37. The molecule has 0 aromatic rings. The van der Waals surface area contributed by atoms with Crippen molar-refractivity contribution in [2.75, 3.05) is 0 Å². The topological polar surface area (TPSA) is 17.1 Å². The van der Waals surface area contributed by atoms with Crippen LogP contribution < -0.4 is 0 Å². The van der Waals surface area contributed by atoms with Crippen molar-refractivity contribution in [3.63, 3.8) is 0 Å². The third kappa shape index (κ3) is 8.87. The molecule has 0 saturated heterocycles. The van der Waals surface area contributed by atoms with E-state index in [-0.39, 0.29) is 70.8 Å². The smallest absolute Gasteiger partial charge is 0 e. The van der Waals surface area contributed by atoms with E-state index in [0.717, 1.165) is 0 Å². The van der Waals surface area contributed by atoms with Crippen molar-refractivity contribution >= 4 is 46.9 Å². The summed E-state index contributed by atoms with van der Waals surface area (Å²) in [5, 5.41) is 0. The van der Waals surface area contributed by atoms with Crippen LogP contribution in [0.25, 0.3) is 0 Å². The first-order valence-electron chi connectivity index (χ1n) is 0.204. The second-order valence-corrected chi connectivity index (χ2v) is 0. The number of rotatable bonds is 0. The molecular formula is H3OSbSnYb. The molecule has 2 radical (unpaired) electrons. The van der Waals surface area contributed by atoms with Crippen molar-refractivity contribution in [1.29, 1.82) is 0 Å². The summed E-state index contributed by atoms with van der Waals surface area (Å²) in [6, 6.07) is 0. The Balaban J connectivity index is -0.00000000500. The summed E-state index contributed by atoms with van der Waals surface area (Å²) < 4.78 is 8.34. The summed E-state index contributed by atoms with van der Waals surface area (Å²) in [4.78, 5) is 0. The second-order valence-electron chi connectivity index (χ2n) is 0.